The van der Waals surface area contributed by atoms with Crippen LogP contribution in [0.15, 0.2) is 6.20 Å². The molecule has 0 spiro atoms. The molecule has 116 valence electrons. The van der Waals surface area contributed by atoms with Gasteiger partial charge in [0.1, 0.15) is 0 Å². The van der Waals surface area contributed by atoms with Gasteiger partial charge in [0.15, 0.2) is 0 Å². The van der Waals surface area contributed by atoms with E-state index in [0.717, 1.165) is 22.2 Å². The lowest BCUT2D eigenvalue weighted by molar-refractivity contribution is -0.143. The van der Waals surface area contributed by atoms with Crippen LogP contribution in [0.1, 0.15) is 12.1 Å². The van der Waals surface area contributed by atoms with E-state index in [1.165, 1.54) is 16.2 Å². The van der Waals surface area contributed by atoms with E-state index in [9.17, 15) is 13.2 Å². The normalized spacial score (nSPS) is 20.5. The van der Waals surface area contributed by atoms with E-state index in [1.54, 1.807) is 4.52 Å². The second-order valence-electron chi connectivity index (χ2n) is 5.40. The number of nitrogens with zero attached hydrogens (tertiary/aromatic N) is 4. The molecular formula is C12H16F3N5S. The minimum atomic E-state index is -4.11. The van der Waals surface area contributed by atoms with Gasteiger partial charge in [0.25, 0.3) is 0 Å². The number of alkyl halides is 3. The average molecular weight is 319 g/mol. The van der Waals surface area contributed by atoms with Gasteiger partial charge in [-0.1, -0.05) is 11.3 Å². The first-order chi connectivity index (χ1) is 9.89. The Hall–Kier alpha value is -1.35. The van der Waals surface area contributed by atoms with E-state index in [4.69, 9.17) is 0 Å². The highest BCUT2D eigenvalue weighted by molar-refractivity contribution is 7.20. The van der Waals surface area contributed by atoms with Crippen molar-refractivity contribution in [2.75, 3.05) is 31.5 Å². The second-order valence-corrected chi connectivity index (χ2v) is 6.36. The smallest absolute Gasteiger partial charge is 0.360 e. The molecule has 1 aliphatic heterocycles. The molecular weight excluding hydrogens is 303 g/mol. The van der Waals surface area contributed by atoms with Crippen LogP contribution in [0.2, 0.25) is 0 Å². The number of halogens is 3. The number of aryl methyl sites for hydroxylation is 1. The van der Waals surface area contributed by atoms with Gasteiger partial charge in [-0.2, -0.15) is 13.2 Å². The second kappa shape index (κ2) is 5.45. The minimum absolute atomic E-state index is 0.227. The minimum Gasteiger partial charge on any atom is -0.360 e. The van der Waals surface area contributed by atoms with Gasteiger partial charge in [-0.05, 0) is 25.8 Å². The number of nitrogens with one attached hydrogen (secondary N) is 1. The van der Waals surface area contributed by atoms with E-state index in [-0.39, 0.29) is 5.92 Å². The van der Waals surface area contributed by atoms with Gasteiger partial charge in [0.05, 0.1) is 18.4 Å². The molecule has 0 radical (unpaired) electrons. The van der Waals surface area contributed by atoms with Crippen LogP contribution in [0.3, 0.4) is 0 Å². The summed E-state index contributed by atoms with van der Waals surface area (Å²) in [6.45, 7) is 2.72. The van der Waals surface area contributed by atoms with Gasteiger partial charge < -0.3 is 5.32 Å². The Labute approximate surface area is 123 Å². The molecule has 1 unspecified atom stereocenters. The maximum atomic E-state index is 12.3. The predicted molar refractivity (Wildman–Crippen MR) is 74.7 cm³/mol. The molecule has 1 saturated heterocycles. The fourth-order valence-corrected chi connectivity index (χ4v) is 3.42. The number of anilines is 1. The highest BCUT2D eigenvalue weighted by Crippen LogP contribution is 2.24. The van der Waals surface area contributed by atoms with E-state index >= 15 is 0 Å². The summed E-state index contributed by atoms with van der Waals surface area (Å²) in [7, 11) is 0. The lowest BCUT2D eigenvalue weighted by atomic mass is 10.1. The van der Waals surface area contributed by atoms with E-state index < -0.39 is 12.7 Å². The third-order valence-corrected chi connectivity index (χ3v) is 4.36. The molecule has 21 heavy (non-hydrogen) atoms. The van der Waals surface area contributed by atoms with Gasteiger partial charge in [-0.25, -0.2) is 9.50 Å². The van der Waals surface area contributed by atoms with Crippen LogP contribution in [0, 0.1) is 12.8 Å². The van der Waals surface area contributed by atoms with Crippen LogP contribution in [0.4, 0.5) is 18.3 Å². The molecule has 9 heteroatoms. The van der Waals surface area contributed by atoms with Gasteiger partial charge in [0, 0.05) is 13.1 Å². The van der Waals surface area contributed by atoms with Crippen LogP contribution in [-0.4, -0.2) is 51.9 Å². The lowest BCUT2D eigenvalue weighted by Gasteiger charge is -2.17. The maximum Gasteiger partial charge on any atom is 0.401 e. The maximum absolute atomic E-state index is 12.3. The molecule has 0 aliphatic carbocycles. The molecule has 1 N–H and O–H groups in total. The summed E-state index contributed by atoms with van der Waals surface area (Å²) in [6, 6.07) is 0. The Bertz CT molecular complexity index is 588. The van der Waals surface area contributed by atoms with Gasteiger partial charge in [-0.15, -0.1) is 5.10 Å². The number of aromatic nitrogens is 3. The number of likely N-dealkylation sites (tertiary alicyclic amines) is 1. The number of hydrogen-bond acceptors (Lipinski definition) is 5. The molecule has 0 bridgehead atoms. The molecule has 0 saturated carbocycles. The summed E-state index contributed by atoms with van der Waals surface area (Å²) in [6.07, 6.45) is -1.48. The monoisotopic (exact) mass is 319 g/mol. The number of imidazole rings is 1. The van der Waals surface area contributed by atoms with Crippen LogP contribution in [0.5, 0.6) is 0 Å². The topological polar surface area (TPSA) is 45.5 Å². The van der Waals surface area contributed by atoms with Crippen molar-refractivity contribution in [1.29, 1.82) is 0 Å². The summed E-state index contributed by atoms with van der Waals surface area (Å²) >= 11 is 1.45. The van der Waals surface area contributed by atoms with Crippen LogP contribution in [0.25, 0.3) is 4.96 Å². The van der Waals surface area contributed by atoms with Crippen molar-refractivity contribution in [3.63, 3.8) is 0 Å². The summed E-state index contributed by atoms with van der Waals surface area (Å²) in [5.74, 6) is 0.227. The third kappa shape index (κ3) is 3.65. The highest BCUT2D eigenvalue weighted by Gasteiger charge is 2.34. The number of hydrogen-bond donors (Lipinski definition) is 1. The van der Waals surface area contributed by atoms with Crippen molar-refractivity contribution >= 4 is 21.4 Å². The van der Waals surface area contributed by atoms with Crippen molar-refractivity contribution in [3.05, 3.63) is 11.9 Å². The summed E-state index contributed by atoms with van der Waals surface area (Å²) in [4.78, 5) is 6.59. The zero-order chi connectivity index (χ0) is 15.0. The van der Waals surface area contributed by atoms with Gasteiger partial charge in [0.2, 0.25) is 10.1 Å². The van der Waals surface area contributed by atoms with Crippen LogP contribution < -0.4 is 5.32 Å². The molecule has 0 amide bonds. The Morgan fingerprint density at radius 3 is 3.00 bits per heavy atom. The highest BCUT2D eigenvalue weighted by atomic mass is 32.1. The fraction of sp³-hybridized carbons (Fsp3) is 0.667. The first-order valence-electron chi connectivity index (χ1n) is 6.75. The molecule has 1 aliphatic rings. The van der Waals surface area contributed by atoms with Crippen molar-refractivity contribution in [2.45, 2.75) is 19.5 Å². The van der Waals surface area contributed by atoms with E-state index in [0.29, 0.717) is 19.6 Å². The SMILES string of the molecule is Cc1cn2nc(NCC3CCN(CC(F)(F)F)C3)sc2n1. The number of fused-ring (bicyclic) bond motifs is 1. The Kier molecular flexibility index (Phi) is 3.78. The third-order valence-electron chi connectivity index (χ3n) is 3.48. The van der Waals surface area contributed by atoms with Gasteiger partial charge >= 0.3 is 6.18 Å². The standard InChI is InChI=1S/C12H16F3N5S/c1-8-5-20-11(17-8)21-10(18-20)16-4-9-2-3-19(6-9)7-12(13,14)15/h5,9H,2-4,6-7H2,1H3,(H,16,18). The largest absolute Gasteiger partial charge is 0.401 e. The van der Waals surface area contributed by atoms with Crippen LogP contribution >= 0.6 is 11.3 Å². The lowest BCUT2D eigenvalue weighted by Crippen LogP contribution is -2.33. The Morgan fingerprint density at radius 2 is 2.29 bits per heavy atom. The Morgan fingerprint density at radius 1 is 1.48 bits per heavy atom. The molecule has 1 atom stereocenters. The quantitative estimate of drug-likeness (QED) is 0.940. The predicted octanol–water partition coefficient (Wildman–Crippen LogP) is 2.40. The zero-order valence-corrected chi connectivity index (χ0v) is 12.3. The van der Waals surface area contributed by atoms with Gasteiger partial charge in [-0.3, -0.25) is 4.90 Å². The van der Waals surface area contributed by atoms with Crippen molar-refractivity contribution in [3.8, 4) is 0 Å². The molecule has 2 aromatic heterocycles. The summed E-state index contributed by atoms with van der Waals surface area (Å²) in [5.41, 5.74) is 0.916. The molecule has 1 fully saturated rings. The Balaban J connectivity index is 1.50. The zero-order valence-electron chi connectivity index (χ0n) is 11.5. The number of rotatable bonds is 4. The first kappa shape index (κ1) is 14.6. The summed E-state index contributed by atoms with van der Waals surface area (Å²) in [5, 5.41) is 8.30. The average Bonchev–Trinajstić information content (AvgIpc) is 2.99. The van der Waals surface area contributed by atoms with E-state index in [1.807, 2.05) is 13.1 Å². The molecule has 2 aromatic rings. The van der Waals surface area contributed by atoms with E-state index in [2.05, 4.69) is 15.4 Å². The van der Waals surface area contributed by atoms with Crippen molar-refractivity contribution in [2.24, 2.45) is 5.92 Å². The molecule has 0 aromatic carbocycles. The molecule has 3 rings (SSSR count). The fourth-order valence-electron chi connectivity index (χ4n) is 2.59. The van der Waals surface area contributed by atoms with Crippen molar-refractivity contribution in [1.82, 2.24) is 19.5 Å². The first-order valence-corrected chi connectivity index (χ1v) is 7.56. The molecule has 3 heterocycles. The van der Waals surface area contributed by atoms with Crippen LogP contribution in [-0.2, 0) is 0 Å². The summed E-state index contributed by atoms with van der Waals surface area (Å²) < 4.78 is 38.7. The van der Waals surface area contributed by atoms with Crippen molar-refractivity contribution < 1.29 is 13.2 Å². The molecule has 5 nitrogen and oxygen atoms in total.